The molecule has 2 aromatic carbocycles. The average Bonchev–Trinajstić information content (AvgIpc) is 2.69. The summed E-state index contributed by atoms with van der Waals surface area (Å²) >= 11 is 0. The van der Waals surface area contributed by atoms with Crippen molar-refractivity contribution in [1.82, 2.24) is 9.21 Å². The molecule has 1 aliphatic rings. The zero-order chi connectivity index (χ0) is 20.1. The van der Waals surface area contributed by atoms with Gasteiger partial charge in [0, 0.05) is 12.6 Å². The number of hydrogen-bond acceptors (Lipinski definition) is 3. The lowest BCUT2D eigenvalue weighted by Gasteiger charge is -2.33. The van der Waals surface area contributed by atoms with E-state index in [0.717, 1.165) is 36.1 Å². The first-order valence-corrected chi connectivity index (χ1v) is 10.7. The number of sulfonamides is 1. The van der Waals surface area contributed by atoms with Crippen LogP contribution in [0.25, 0.3) is 0 Å². The summed E-state index contributed by atoms with van der Waals surface area (Å²) in [7, 11) is -2.46. The lowest BCUT2D eigenvalue weighted by atomic mass is 10.2. The summed E-state index contributed by atoms with van der Waals surface area (Å²) in [4.78, 5) is 15.6. The Kier molecular flexibility index (Phi) is 6.43. The van der Waals surface area contributed by atoms with E-state index in [1.807, 2.05) is 18.2 Å². The van der Waals surface area contributed by atoms with Gasteiger partial charge in [0.15, 0.2) is 0 Å². The van der Waals surface area contributed by atoms with Crippen LogP contribution in [0.2, 0.25) is 0 Å². The van der Waals surface area contributed by atoms with E-state index in [0.29, 0.717) is 13.1 Å². The number of carbonyl (C=O) groups is 1. The Bertz CT molecular complexity index is 896. The third kappa shape index (κ3) is 4.95. The van der Waals surface area contributed by atoms with Crippen molar-refractivity contribution in [2.75, 3.05) is 39.8 Å². The number of nitrogens with one attached hydrogen (secondary N) is 1. The van der Waals surface area contributed by atoms with Gasteiger partial charge in [0.25, 0.3) is 0 Å². The lowest BCUT2D eigenvalue weighted by Crippen LogP contribution is -3.13. The number of quaternary nitrogens is 1. The molecule has 1 saturated heterocycles. The molecular weight excluding hydrogens is 381 g/mol. The molecule has 150 valence electrons. The van der Waals surface area contributed by atoms with E-state index < -0.39 is 15.8 Å². The van der Waals surface area contributed by atoms with Crippen molar-refractivity contribution >= 4 is 15.9 Å². The van der Waals surface area contributed by atoms with Crippen molar-refractivity contribution in [2.45, 2.75) is 11.4 Å². The van der Waals surface area contributed by atoms with E-state index in [1.54, 1.807) is 4.90 Å². The molecule has 0 spiro atoms. The van der Waals surface area contributed by atoms with Crippen LogP contribution in [0.5, 0.6) is 0 Å². The maximum atomic E-state index is 13.0. The van der Waals surface area contributed by atoms with Crippen LogP contribution < -0.4 is 4.90 Å². The topological polar surface area (TPSA) is 62.1 Å². The quantitative estimate of drug-likeness (QED) is 0.754. The second-order valence-electron chi connectivity index (χ2n) is 7.01. The summed E-state index contributed by atoms with van der Waals surface area (Å²) in [5.41, 5.74) is 1.27. The van der Waals surface area contributed by atoms with Gasteiger partial charge in [0.05, 0.1) is 37.6 Å². The summed E-state index contributed by atoms with van der Waals surface area (Å²) in [6.07, 6.45) is 0. The van der Waals surface area contributed by atoms with Gasteiger partial charge in [-0.05, 0) is 24.3 Å². The summed E-state index contributed by atoms with van der Waals surface area (Å²) in [5.74, 6) is -0.722. The molecule has 1 fully saturated rings. The zero-order valence-electron chi connectivity index (χ0n) is 15.8. The Labute approximate surface area is 165 Å². The van der Waals surface area contributed by atoms with Crippen molar-refractivity contribution in [3.05, 3.63) is 66.0 Å². The van der Waals surface area contributed by atoms with Crippen LogP contribution in [0.3, 0.4) is 0 Å². The molecule has 2 aromatic rings. The van der Waals surface area contributed by atoms with Gasteiger partial charge in [0.2, 0.25) is 15.9 Å². The number of benzene rings is 2. The van der Waals surface area contributed by atoms with Gasteiger partial charge >= 0.3 is 0 Å². The van der Waals surface area contributed by atoms with Crippen molar-refractivity contribution < 1.29 is 22.5 Å². The number of hydrogen-bond donors (Lipinski definition) is 1. The van der Waals surface area contributed by atoms with E-state index >= 15 is 0 Å². The third-order valence-electron chi connectivity index (χ3n) is 5.00. The highest BCUT2D eigenvalue weighted by Gasteiger charge is 2.28. The Hall–Kier alpha value is -2.29. The first-order chi connectivity index (χ1) is 13.4. The van der Waals surface area contributed by atoms with E-state index in [-0.39, 0.29) is 17.3 Å². The minimum Gasteiger partial charge on any atom is -0.330 e. The summed E-state index contributed by atoms with van der Waals surface area (Å²) in [6.45, 7) is 3.55. The monoisotopic (exact) mass is 406 g/mol. The molecule has 0 aromatic heterocycles. The number of amides is 1. The van der Waals surface area contributed by atoms with Gasteiger partial charge < -0.3 is 9.80 Å². The molecular formula is C20H25FN3O3S+. The number of piperazine rings is 1. The molecule has 0 aliphatic carbocycles. The summed E-state index contributed by atoms with van der Waals surface area (Å²) in [5, 5.41) is 0. The molecule has 1 heterocycles. The molecule has 1 aliphatic heterocycles. The van der Waals surface area contributed by atoms with Crippen LogP contribution in [-0.2, 0) is 21.4 Å². The maximum absolute atomic E-state index is 13.0. The van der Waals surface area contributed by atoms with Gasteiger partial charge in [-0.2, -0.15) is 4.31 Å². The number of halogens is 1. The highest BCUT2D eigenvalue weighted by Crippen LogP contribution is 2.15. The van der Waals surface area contributed by atoms with Crippen molar-refractivity contribution in [2.24, 2.45) is 0 Å². The normalized spacial score (nSPS) is 15.8. The molecule has 0 saturated carbocycles. The fourth-order valence-electron chi connectivity index (χ4n) is 3.30. The van der Waals surface area contributed by atoms with Crippen molar-refractivity contribution in [3.63, 3.8) is 0 Å². The standard InChI is InChI=1S/C20H24FN3O3S/c1-22(28(26,27)19-9-7-18(21)8-10-19)16-20(25)24-13-11-23(12-14-24)15-17-5-3-2-4-6-17/h2-10H,11-16H2,1H3/p+1. The highest BCUT2D eigenvalue weighted by atomic mass is 32.2. The van der Waals surface area contributed by atoms with E-state index in [9.17, 15) is 17.6 Å². The Balaban J connectivity index is 1.53. The van der Waals surface area contributed by atoms with Crippen LogP contribution in [0.4, 0.5) is 4.39 Å². The van der Waals surface area contributed by atoms with Crippen LogP contribution in [0.15, 0.2) is 59.5 Å². The van der Waals surface area contributed by atoms with Gasteiger partial charge in [-0.1, -0.05) is 30.3 Å². The van der Waals surface area contributed by atoms with E-state index in [1.165, 1.54) is 29.6 Å². The van der Waals surface area contributed by atoms with Gasteiger partial charge in [0.1, 0.15) is 12.4 Å². The predicted octanol–water partition coefficient (Wildman–Crippen LogP) is 0.374. The minimum absolute atomic E-state index is 0.0266. The molecule has 8 heteroatoms. The van der Waals surface area contributed by atoms with E-state index in [2.05, 4.69) is 12.1 Å². The number of nitrogens with zero attached hydrogens (tertiary/aromatic N) is 2. The first-order valence-electron chi connectivity index (χ1n) is 9.23. The number of likely N-dealkylation sites (N-methyl/N-ethyl adjacent to an activating group) is 1. The molecule has 3 rings (SSSR count). The molecule has 0 bridgehead atoms. The molecule has 0 atom stereocenters. The third-order valence-corrected chi connectivity index (χ3v) is 6.82. The van der Waals surface area contributed by atoms with E-state index in [4.69, 9.17) is 0 Å². The van der Waals surface area contributed by atoms with Crippen LogP contribution >= 0.6 is 0 Å². The minimum atomic E-state index is -3.83. The molecule has 6 nitrogen and oxygen atoms in total. The molecule has 1 N–H and O–H groups in total. The Morgan fingerprint density at radius 3 is 2.29 bits per heavy atom. The molecule has 0 unspecified atom stereocenters. The zero-order valence-corrected chi connectivity index (χ0v) is 16.7. The fourth-order valence-corrected chi connectivity index (χ4v) is 4.42. The Morgan fingerprint density at radius 2 is 1.68 bits per heavy atom. The number of rotatable bonds is 6. The van der Waals surface area contributed by atoms with Crippen LogP contribution in [-0.4, -0.2) is 63.3 Å². The number of carbonyl (C=O) groups excluding carboxylic acids is 1. The smallest absolute Gasteiger partial charge is 0.243 e. The Morgan fingerprint density at radius 1 is 1.07 bits per heavy atom. The van der Waals surface area contributed by atoms with Gasteiger partial charge in [-0.25, -0.2) is 12.8 Å². The maximum Gasteiger partial charge on any atom is 0.243 e. The van der Waals surface area contributed by atoms with Crippen LogP contribution in [0, 0.1) is 5.82 Å². The lowest BCUT2D eigenvalue weighted by molar-refractivity contribution is -0.917. The predicted molar refractivity (Wildman–Crippen MR) is 104 cm³/mol. The van der Waals surface area contributed by atoms with Gasteiger partial charge in [-0.15, -0.1) is 0 Å². The molecule has 0 radical (unpaired) electrons. The molecule has 28 heavy (non-hydrogen) atoms. The van der Waals surface area contributed by atoms with Crippen molar-refractivity contribution in [3.8, 4) is 0 Å². The SMILES string of the molecule is CN(CC(=O)N1CC[NH+](Cc2ccccc2)CC1)S(=O)(=O)c1ccc(F)cc1. The fraction of sp³-hybridized carbons (Fsp3) is 0.350. The summed E-state index contributed by atoms with van der Waals surface area (Å²) < 4.78 is 39.1. The van der Waals surface area contributed by atoms with Gasteiger partial charge in [-0.3, -0.25) is 4.79 Å². The highest BCUT2D eigenvalue weighted by molar-refractivity contribution is 7.89. The summed E-state index contributed by atoms with van der Waals surface area (Å²) in [6, 6.07) is 14.8. The largest absolute Gasteiger partial charge is 0.330 e. The van der Waals surface area contributed by atoms with Crippen molar-refractivity contribution in [1.29, 1.82) is 0 Å². The second kappa shape index (κ2) is 8.81. The van der Waals surface area contributed by atoms with Crippen LogP contribution in [0.1, 0.15) is 5.56 Å². The molecule has 1 amide bonds. The second-order valence-corrected chi connectivity index (χ2v) is 9.05. The average molecular weight is 407 g/mol. The first kappa shape index (κ1) is 20.4.